The highest BCUT2D eigenvalue weighted by molar-refractivity contribution is 5.97. The van der Waals surface area contributed by atoms with E-state index >= 15 is 0 Å². The molecule has 0 bridgehead atoms. The lowest BCUT2D eigenvalue weighted by Gasteiger charge is -2.11. The van der Waals surface area contributed by atoms with Crippen molar-refractivity contribution in [2.45, 2.75) is 26.3 Å². The van der Waals surface area contributed by atoms with Crippen LogP contribution in [0.2, 0.25) is 0 Å². The molecule has 0 saturated heterocycles. The molecular weight excluding hydrogens is 202 g/mol. The Labute approximate surface area is 95.8 Å². The Bertz CT molecular complexity index is 401. The van der Waals surface area contributed by atoms with Gasteiger partial charge in [0, 0.05) is 0 Å². The first-order valence-corrected chi connectivity index (χ1v) is 5.71. The van der Waals surface area contributed by atoms with Crippen LogP contribution in [0.25, 0.3) is 0 Å². The molecule has 0 amide bonds. The maximum Gasteiger partial charge on any atom is 0.220 e. The standard InChI is InChI=1S/C13H17NO2/c1-3-9(2)11-8-16-13(14-11)10-6-4-5-7-12(10)15/h4-7,9,11,15H,3,8H2,1-2H3/t9-,11+/m0/s1. The zero-order valence-electron chi connectivity index (χ0n) is 9.68. The highest BCUT2D eigenvalue weighted by Crippen LogP contribution is 2.24. The summed E-state index contributed by atoms with van der Waals surface area (Å²) in [7, 11) is 0. The number of rotatable bonds is 3. The summed E-state index contributed by atoms with van der Waals surface area (Å²) in [5.74, 6) is 1.32. The number of hydrogen-bond donors (Lipinski definition) is 1. The fourth-order valence-electron chi connectivity index (χ4n) is 1.75. The molecule has 0 aliphatic carbocycles. The van der Waals surface area contributed by atoms with Crippen molar-refractivity contribution in [1.82, 2.24) is 0 Å². The molecule has 2 rings (SSSR count). The first kappa shape index (κ1) is 11.0. The summed E-state index contributed by atoms with van der Waals surface area (Å²) in [5.41, 5.74) is 0.688. The third-order valence-corrected chi connectivity index (χ3v) is 3.11. The lowest BCUT2D eigenvalue weighted by molar-refractivity contribution is 0.282. The summed E-state index contributed by atoms with van der Waals surface area (Å²) in [6.07, 6.45) is 1.09. The number of ether oxygens (including phenoxy) is 1. The topological polar surface area (TPSA) is 41.8 Å². The largest absolute Gasteiger partial charge is 0.507 e. The summed E-state index contributed by atoms with van der Waals surface area (Å²) in [4.78, 5) is 4.52. The van der Waals surface area contributed by atoms with Gasteiger partial charge in [-0.15, -0.1) is 0 Å². The predicted molar refractivity (Wildman–Crippen MR) is 63.8 cm³/mol. The van der Waals surface area contributed by atoms with Crippen LogP contribution in [0.1, 0.15) is 25.8 Å². The lowest BCUT2D eigenvalue weighted by Crippen LogP contribution is -2.16. The number of aliphatic imine (C=N–C) groups is 1. The number of benzene rings is 1. The Balaban J connectivity index is 2.21. The zero-order chi connectivity index (χ0) is 11.5. The molecule has 1 aliphatic rings. The summed E-state index contributed by atoms with van der Waals surface area (Å²) < 4.78 is 5.55. The van der Waals surface area contributed by atoms with E-state index in [1.165, 1.54) is 0 Å². The minimum atomic E-state index is 0.222. The number of hydrogen-bond acceptors (Lipinski definition) is 3. The Kier molecular flexibility index (Phi) is 3.13. The van der Waals surface area contributed by atoms with Gasteiger partial charge in [0.25, 0.3) is 0 Å². The molecule has 1 aromatic rings. The third-order valence-electron chi connectivity index (χ3n) is 3.11. The summed E-state index contributed by atoms with van der Waals surface area (Å²) in [6, 6.07) is 7.36. The highest BCUT2D eigenvalue weighted by atomic mass is 16.5. The molecule has 1 aliphatic heterocycles. The van der Waals surface area contributed by atoms with E-state index in [2.05, 4.69) is 18.8 Å². The van der Waals surface area contributed by atoms with Crippen LogP contribution in [-0.4, -0.2) is 23.7 Å². The van der Waals surface area contributed by atoms with E-state index in [-0.39, 0.29) is 11.8 Å². The number of para-hydroxylation sites is 1. The minimum absolute atomic E-state index is 0.222. The molecule has 0 fully saturated rings. The maximum absolute atomic E-state index is 9.69. The van der Waals surface area contributed by atoms with Gasteiger partial charge < -0.3 is 9.84 Å². The van der Waals surface area contributed by atoms with Crippen LogP contribution < -0.4 is 0 Å². The van der Waals surface area contributed by atoms with E-state index in [0.717, 1.165) is 6.42 Å². The Morgan fingerprint density at radius 2 is 2.25 bits per heavy atom. The van der Waals surface area contributed by atoms with Gasteiger partial charge in [0.2, 0.25) is 5.90 Å². The van der Waals surface area contributed by atoms with Gasteiger partial charge in [-0.1, -0.05) is 32.4 Å². The molecule has 0 radical (unpaired) electrons. The van der Waals surface area contributed by atoms with E-state index in [1.54, 1.807) is 12.1 Å². The van der Waals surface area contributed by atoms with Crippen LogP contribution in [0.3, 0.4) is 0 Å². The van der Waals surface area contributed by atoms with Crippen molar-refractivity contribution < 1.29 is 9.84 Å². The molecular formula is C13H17NO2. The van der Waals surface area contributed by atoms with Gasteiger partial charge in [0.15, 0.2) is 0 Å². The van der Waals surface area contributed by atoms with Crippen molar-refractivity contribution in [3.63, 3.8) is 0 Å². The zero-order valence-corrected chi connectivity index (χ0v) is 9.68. The van der Waals surface area contributed by atoms with Crippen LogP contribution in [-0.2, 0) is 4.74 Å². The van der Waals surface area contributed by atoms with E-state index in [9.17, 15) is 5.11 Å². The third kappa shape index (κ3) is 2.03. The Morgan fingerprint density at radius 3 is 2.94 bits per heavy atom. The van der Waals surface area contributed by atoms with Gasteiger partial charge in [-0.05, 0) is 18.1 Å². The molecule has 3 nitrogen and oxygen atoms in total. The minimum Gasteiger partial charge on any atom is -0.507 e. The predicted octanol–water partition coefficient (Wildman–Crippen LogP) is 2.58. The van der Waals surface area contributed by atoms with Gasteiger partial charge in [-0.25, -0.2) is 4.99 Å². The SMILES string of the molecule is CC[C@H](C)[C@H]1COC(c2ccccc2O)=N1. The van der Waals surface area contributed by atoms with Crippen LogP contribution >= 0.6 is 0 Å². The van der Waals surface area contributed by atoms with Crippen molar-refractivity contribution >= 4 is 5.90 Å². The van der Waals surface area contributed by atoms with E-state index in [0.29, 0.717) is 24.0 Å². The van der Waals surface area contributed by atoms with Crippen molar-refractivity contribution in [2.24, 2.45) is 10.9 Å². The van der Waals surface area contributed by atoms with Gasteiger partial charge in [-0.2, -0.15) is 0 Å². The smallest absolute Gasteiger partial charge is 0.220 e. The van der Waals surface area contributed by atoms with E-state index in [1.807, 2.05) is 12.1 Å². The van der Waals surface area contributed by atoms with Gasteiger partial charge in [0.1, 0.15) is 12.4 Å². The number of nitrogens with zero attached hydrogens (tertiary/aromatic N) is 1. The molecule has 0 spiro atoms. The van der Waals surface area contributed by atoms with Crippen molar-refractivity contribution in [2.75, 3.05) is 6.61 Å². The molecule has 0 unspecified atom stereocenters. The van der Waals surface area contributed by atoms with Crippen molar-refractivity contribution in [3.05, 3.63) is 29.8 Å². The van der Waals surface area contributed by atoms with Gasteiger partial charge in [-0.3, -0.25) is 0 Å². The monoisotopic (exact) mass is 219 g/mol. The Morgan fingerprint density at radius 1 is 1.50 bits per heavy atom. The second kappa shape index (κ2) is 4.56. The van der Waals surface area contributed by atoms with Crippen LogP contribution in [0.4, 0.5) is 0 Å². The van der Waals surface area contributed by atoms with Gasteiger partial charge in [0.05, 0.1) is 11.6 Å². The summed E-state index contributed by atoms with van der Waals surface area (Å²) in [5, 5.41) is 9.69. The quantitative estimate of drug-likeness (QED) is 0.849. The average molecular weight is 219 g/mol. The molecule has 16 heavy (non-hydrogen) atoms. The first-order valence-electron chi connectivity index (χ1n) is 5.71. The molecule has 1 N–H and O–H groups in total. The van der Waals surface area contributed by atoms with E-state index in [4.69, 9.17) is 4.74 Å². The van der Waals surface area contributed by atoms with Crippen LogP contribution in [0, 0.1) is 5.92 Å². The Hall–Kier alpha value is -1.51. The molecule has 86 valence electrons. The van der Waals surface area contributed by atoms with Crippen molar-refractivity contribution in [1.29, 1.82) is 0 Å². The highest BCUT2D eigenvalue weighted by Gasteiger charge is 2.25. The second-order valence-electron chi connectivity index (χ2n) is 4.22. The molecule has 0 saturated carbocycles. The first-order chi connectivity index (χ1) is 7.72. The fourth-order valence-corrected chi connectivity index (χ4v) is 1.75. The average Bonchev–Trinajstić information content (AvgIpc) is 2.78. The van der Waals surface area contributed by atoms with Gasteiger partial charge >= 0.3 is 0 Å². The van der Waals surface area contributed by atoms with E-state index < -0.39 is 0 Å². The maximum atomic E-state index is 9.69. The molecule has 3 heteroatoms. The lowest BCUT2D eigenvalue weighted by atomic mass is 10.0. The van der Waals surface area contributed by atoms with Crippen LogP contribution in [0.15, 0.2) is 29.3 Å². The summed E-state index contributed by atoms with van der Waals surface area (Å²) >= 11 is 0. The second-order valence-corrected chi connectivity index (χ2v) is 4.22. The normalized spacial score (nSPS) is 21.4. The molecule has 2 atom stereocenters. The molecule has 0 aromatic heterocycles. The van der Waals surface area contributed by atoms with Crippen LogP contribution in [0.5, 0.6) is 5.75 Å². The molecule has 1 aromatic carbocycles. The number of aromatic hydroxyl groups is 1. The number of phenolic OH excluding ortho intramolecular Hbond substituents is 1. The fraction of sp³-hybridized carbons (Fsp3) is 0.462. The molecule has 1 heterocycles. The van der Waals surface area contributed by atoms with Crippen molar-refractivity contribution in [3.8, 4) is 5.75 Å². The summed E-state index contributed by atoms with van der Waals surface area (Å²) in [6.45, 7) is 4.95. The number of phenols is 1.